The van der Waals surface area contributed by atoms with Gasteiger partial charge in [-0.2, -0.15) is 11.8 Å². The molecule has 0 saturated carbocycles. The van der Waals surface area contributed by atoms with Gasteiger partial charge in [0.05, 0.1) is 6.61 Å². The largest absolute Gasteiger partial charge is 0.480 e. The maximum atomic E-state index is 12.1. The number of aliphatic carboxylic acids is 1. The van der Waals surface area contributed by atoms with Crippen molar-refractivity contribution < 1.29 is 24.6 Å². The second-order valence-electron chi connectivity index (χ2n) is 7.83. The molecule has 0 radical (unpaired) electrons. The monoisotopic (exact) mass is 470 g/mol. The van der Waals surface area contributed by atoms with Crippen LogP contribution in [0.2, 0.25) is 0 Å². The quantitative estimate of drug-likeness (QED) is 0.213. The predicted molar refractivity (Wildman–Crippen MR) is 134 cm³/mol. The molecule has 0 aliphatic heterocycles. The van der Waals surface area contributed by atoms with Gasteiger partial charge in [-0.3, -0.25) is 9.59 Å². The van der Waals surface area contributed by atoms with Crippen molar-refractivity contribution in [2.45, 2.75) is 79.8 Å². The predicted octanol–water partition coefficient (Wildman–Crippen LogP) is 3.84. The minimum atomic E-state index is -1.16. The smallest absolute Gasteiger partial charge is 0.327 e. The van der Waals surface area contributed by atoms with Crippen LogP contribution >= 0.6 is 11.8 Å². The SMILES string of the molecule is C.CC(=O)NC(CO)C(=O)N[C@@H](CSC/C=C(\C)CC/C=C(\C)CCC=C(C)C)C(=O)O. The fraction of sp³-hybridized carbons (Fsp3) is 0.625. The summed E-state index contributed by atoms with van der Waals surface area (Å²) in [4.78, 5) is 34.5. The van der Waals surface area contributed by atoms with Gasteiger partial charge in [0.25, 0.3) is 0 Å². The summed E-state index contributed by atoms with van der Waals surface area (Å²) in [5.41, 5.74) is 3.97. The Bertz CT molecular complexity index is 682. The van der Waals surface area contributed by atoms with E-state index in [1.165, 1.54) is 35.4 Å². The van der Waals surface area contributed by atoms with Gasteiger partial charge in [-0.05, 0) is 53.4 Å². The number of rotatable bonds is 15. The summed E-state index contributed by atoms with van der Waals surface area (Å²) >= 11 is 1.40. The fourth-order valence-corrected chi connectivity index (χ4v) is 3.61. The highest BCUT2D eigenvalue weighted by molar-refractivity contribution is 7.99. The molecular formula is C24H42N2O5S. The molecule has 7 nitrogen and oxygen atoms in total. The first kappa shape index (κ1) is 32.1. The van der Waals surface area contributed by atoms with Gasteiger partial charge in [-0.15, -0.1) is 0 Å². The highest BCUT2D eigenvalue weighted by atomic mass is 32.2. The summed E-state index contributed by atoms with van der Waals surface area (Å²) in [7, 11) is 0. The molecule has 32 heavy (non-hydrogen) atoms. The zero-order valence-corrected chi connectivity index (χ0v) is 20.2. The summed E-state index contributed by atoms with van der Waals surface area (Å²) in [6, 6.07) is -2.26. The van der Waals surface area contributed by atoms with Gasteiger partial charge in [0.1, 0.15) is 12.1 Å². The molecule has 8 heteroatoms. The zero-order valence-electron chi connectivity index (χ0n) is 19.4. The summed E-state index contributed by atoms with van der Waals surface area (Å²) in [6.07, 6.45) is 10.7. The van der Waals surface area contributed by atoms with Crippen LogP contribution in [0.3, 0.4) is 0 Å². The molecule has 0 aromatic carbocycles. The molecule has 2 atom stereocenters. The molecule has 0 heterocycles. The second kappa shape index (κ2) is 18.5. The number of hydrogen-bond donors (Lipinski definition) is 4. The molecule has 4 N–H and O–H groups in total. The molecule has 0 aliphatic carbocycles. The van der Waals surface area contributed by atoms with Crippen LogP contribution in [0.4, 0.5) is 0 Å². The maximum absolute atomic E-state index is 12.1. The van der Waals surface area contributed by atoms with E-state index in [4.69, 9.17) is 0 Å². The molecule has 184 valence electrons. The Labute approximate surface area is 197 Å². The van der Waals surface area contributed by atoms with Crippen molar-refractivity contribution in [2.24, 2.45) is 0 Å². The van der Waals surface area contributed by atoms with E-state index in [1.54, 1.807) is 0 Å². The number of nitrogens with one attached hydrogen (secondary N) is 2. The number of aliphatic hydroxyl groups is 1. The molecule has 0 spiro atoms. The Morgan fingerprint density at radius 2 is 1.44 bits per heavy atom. The molecule has 0 aliphatic rings. The zero-order chi connectivity index (χ0) is 23.8. The first-order chi connectivity index (χ1) is 14.6. The van der Waals surface area contributed by atoms with E-state index in [0.29, 0.717) is 5.75 Å². The van der Waals surface area contributed by atoms with Crippen LogP contribution in [-0.2, 0) is 14.4 Å². The van der Waals surface area contributed by atoms with Crippen molar-refractivity contribution in [1.82, 2.24) is 10.6 Å². The lowest BCUT2D eigenvalue weighted by molar-refractivity contribution is -0.141. The van der Waals surface area contributed by atoms with Gasteiger partial charge < -0.3 is 20.8 Å². The van der Waals surface area contributed by atoms with Crippen LogP contribution in [-0.4, -0.2) is 58.2 Å². The number of carboxylic acid groups (broad SMARTS) is 1. The lowest BCUT2D eigenvalue weighted by Gasteiger charge is -2.19. The Hall–Kier alpha value is -2.06. The number of amides is 2. The van der Waals surface area contributed by atoms with Crippen LogP contribution in [0, 0.1) is 0 Å². The molecule has 2 amide bonds. The molecule has 1 unspecified atom stereocenters. The lowest BCUT2D eigenvalue weighted by atomic mass is 10.1. The van der Waals surface area contributed by atoms with Gasteiger partial charge in [0.2, 0.25) is 11.8 Å². The van der Waals surface area contributed by atoms with Gasteiger partial charge in [-0.25, -0.2) is 4.79 Å². The number of aliphatic hydroxyl groups excluding tert-OH is 1. The average molecular weight is 471 g/mol. The third-order valence-electron chi connectivity index (χ3n) is 4.45. The molecule has 0 aromatic heterocycles. The van der Waals surface area contributed by atoms with Crippen LogP contribution in [0.15, 0.2) is 34.9 Å². The number of hydrogen-bond acceptors (Lipinski definition) is 5. The highest BCUT2D eigenvalue weighted by Gasteiger charge is 2.25. The van der Waals surface area contributed by atoms with E-state index >= 15 is 0 Å². The number of carboxylic acids is 1. The Kier molecular flexibility index (Phi) is 18.6. The fourth-order valence-electron chi connectivity index (χ4n) is 2.61. The van der Waals surface area contributed by atoms with Gasteiger partial charge in [0.15, 0.2) is 0 Å². The molecular weight excluding hydrogens is 428 g/mol. The number of allylic oxidation sites excluding steroid dienone is 5. The maximum Gasteiger partial charge on any atom is 0.327 e. The van der Waals surface area contributed by atoms with E-state index < -0.39 is 36.5 Å². The Balaban J connectivity index is 0. The van der Waals surface area contributed by atoms with Crippen molar-refractivity contribution in [3.63, 3.8) is 0 Å². The van der Waals surface area contributed by atoms with E-state index in [1.807, 2.05) is 0 Å². The van der Waals surface area contributed by atoms with E-state index in [9.17, 15) is 24.6 Å². The Morgan fingerprint density at radius 3 is 1.94 bits per heavy atom. The van der Waals surface area contributed by atoms with Gasteiger partial charge >= 0.3 is 5.97 Å². The van der Waals surface area contributed by atoms with Crippen molar-refractivity contribution >= 4 is 29.5 Å². The summed E-state index contributed by atoms with van der Waals surface area (Å²) in [6.45, 7) is 9.04. The lowest BCUT2D eigenvalue weighted by Crippen LogP contribution is -2.53. The summed E-state index contributed by atoms with van der Waals surface area (Å²) in [5, 5.41) is 23.2. The second-order valence-corrected chi connectivity index (χ2v) is 8.91. The van der Waals surface area contributed by atoms with E-state index in [0.717, 1.165) is 25.7 Å². The normalized spacial score (nSPS) is 13.4. The third kappa shape index (κ3) is 16.6. The van der Waals surface area contributed by atoms with Gasteiger partial charge in [0, 0.05) is 18.4 Å². The van der Waals surface area contributed by atoms with E-state index in [-0.39, 0.29) is 13.2 Å². The highest BCUT2D eigenvalue weighted by Crippen LogP contribution is 2.13. The topological polar surface area (TPSA) is 116 Å². The summed E-state index contributed by atoms with van der Waals surface area (Å²) in [5.74, 6) is -1.52. The number of carbonyl (C=O) groups excluding carboxylic acids is 2. The van der Waals surface area contributed by atoms with Crippen LogP contribution in [0.5, 0.6) is 0 Å². The molecule has 0 aromatic rings. The molecule has 0 fully saturated rings. The third-order valence-corrected chi connectivity index (χ3v) is 5.42. The van der Waals surface area contributed by atoms with E-state index in [2.05, 4.69) is 56.6 Å². The van der Waals surface area contributed by atoms with Crippen molar-refractivity contribution in [1.29, 1.82) is 0 Å². The first-order valence-electron chi connectivity index (χ1n) is 10.5. The van der Waals surface area contributed by atoms with Gasteiger partial charge in [-0.1, -0.05) is 42.4 Å². The van der Waals surface area contributed by atoms with Crippen LogP contribution in [0.1, 0.15) is 67.7 Å². The minimum absolute atomic E-state index is 0. The average Bonchev–Trinajstić information content (AvgIpc) is 2.67. The van der Waals surface area contributed by atoms with Crippen molar-refractivity contribution in [2.75, 3.05) is 18.1 Å². The van der Waals surface area contributed by atoms with Crippen molar-refractivity contribution in [3.8, 4) is 0 Å². The van der Waals surface area contributed by atoms with Crippen LogP contribution < -0.4 is 10.6 Å². The van der Waals surface area contributed by atoms with Crippen molar-refractivity contribution in [3.05, 3.63) is 34.9 Å². The minimum Gasteiger partial charge on any atom is -0.480 e. The molecule has 0 rings (SSSR count). The molecule has 0 bridgehead atoms. The van der Waals surface area contributed by atoms with Crippen LogP contribution in [0.25, 0.3) is 0 Å². The standard InChI is InChI=1S/C23H38N2O5S.CH4/c1-16(2)8-6-9-17(3)10-7-11-18(4)12-13-31-15-21(23(29)30)25-22(28)20(14-26)24-19(5)27;/h8,10,12,20-21,26H,6-7,9,11,13-15H2,1-5H3,(H,24,27)(H,25,28)(H,29,30);1H4/b17-10+,18-12+;/t20?,21-;/m0./s1. The number of thioether (sulfide) groups is 1. The number of carbonyl (C=O) groups is 3. The summed E-state index contributed by atoms with van der Waals surface area (Å²) < 4.78 is 0. The molecule has 0 saturated heterocycles. The first-order valence-corrected chi connectivity index (χ1v) is 11.7. The Morgan fingerprint density at radius 1 is 0.875 bits per heavy atom.